The molecule has 0 saturated carbocycles. The van der Waals surface area contributed by atoms with Crippen molar-refractivity contribution in [2.24, 2.45) is 4.99 Å². The standard InChI is InChI=1S/C17H26N6/c1-12(2)23-11-19-14-15(20-17(18-3)21-16(14)23)22(4)10-13-8-6-5-7-9-13/h5-9,12,16,19H,10-11H2,1-4H3,(H2,18,20,21). The topological polar surface area (TPSA) is 54.9 Å². The third-order valence-electron chi connectivity index (χ3n) is 4.35. The zero-order valence-electron chi connectivity index (χ0n) is 14.3. The average molecular weight is 314 g/mol. The number of benzene rings is 1. The minimum Gasteiger partial charge on any atom is -0.370 e. The number of guanidine groups is 1. The van der Waals surface area contributed by atoms with Crippen LogP contribution >= 0.6 is 0 Å². The summed E-state index contributed by atoms with van der Waals surface area (Å²) < 4.78 is 0. The molecule has 1 atom stereocenters. The summed E-state index contributed by atoms with van der Waals surface area (Å²) in [7, 11) is 3.91. The van der Waals surface area contributed by atoms with Crippen LogP contribution in [0.3, 0.4) is 0 Å². The van der Waals surface area contributed by atoms with E-state index in [1.165, 1.54) is 11.3 Å². The molecule has 1 unspecified atom stereocenters. The van der Waals surface area contributed by atoms with Gasteiger partial charge in [0, 0.05) is 26.7 Å². The van der Waals surface area contributed by atoms with Crippen LogP contribution in [0.15, 0.2) is 46.8 Å². The van der Waals surface area contributed by atoms with E-state index in [0.29, 0.717) is 6.04 Å². The average Bonchev–Trinajstić information content (AvgIpc) is 2.98. The van der Waals surface area contributed by atoms with Gasteiger partial charge in [-0.3, -0.25) is 9.89 Å². The van der Waals surface area contributed by atoms with Crippen molar-refractivity contribution in [3.8, 4) is 0 Å². The molecular weight excluding hydrogens is 288 g/mol. The van der Waals surface area contributed by atoms with Crippen LogP contribution in [0.1, 0.15) is 19.4 Å². The monoisotopic (exact) mass is 314 g/mol. The Bertz CT molecular complexity index is 607. The Kier molecular flexibility index (Phi) is 4.43. The molecule has 2 heterocycles. The molecule has 0 spiro atoms. The summed E-state index contributed by atoms with van der Waals surface area (Å²) >= 11 is 0. The molecule has 1 saturated heterocycles. The lowest BCUT2D eigenvalue weighted by molar-refractivity contribution is 0.196. The quantitative estimate of drug-likeness (QED) is 0.776. The molecule has 0 radical (unpaired) electrons. The van der Waals surface area contributed by atoms with Crippen molar-refractivity contribution in [2.45, 2.75) is 32.6 Å². The van der Waals surface area contributed by atoms with Crippen molar-refractivity contribution < 1.29 is 0 Å². The Morgan fingerprint density at radius 1 is 1.30 bits per heavy atom. The Balaban J connectivity index is 1.87. The highest BCUT2D eigenvalue weighted by Gasteiger charge is 2.37. The van der Waals surface area contributed by atoms with Crippen LogP contribution in [0.4, 0.5) is 0 Å². The third kappa shape index (κ3) is 3.12. The van der Waals surface area contributed by atoms with E-state index in [-0.39, 0.29) is 6.17 Å². The molecule has 6 heteroatoms. The minimum absolute atomic E-state index is 0.142. The van der Waals surface area contributed by atoms with Gasteiger partial charge < -0.3 is 20.9 Å². The van der Waals surface area contributed by atoms with Gasteiger partial charge in [-0.15, -0.1) is 0 Å². The molecule has 2 aliphatic rings. The van der Waals surface area contributed by atoms with Gasteiger partial charge in [0.05, 0.1) is 12.4 Å². The third-order valence-corrected chi connectivity index (χ3v) is 4.35. The van der Waals surface area contributed by atoms with Gasteiger partial charge in [-0.2, -0.15) is 0 Å². The van der Waals surface area contributed by atoms with E-state index >= 15 is 0 Å². The number of hydrogen-bond donors (Lipinski definition) is 3. The van der Waals surface area contributed by atoms with Gasteiger partial charge in [0.1, 0.15) is 12.0 Å². The highest BCUT2D eigenvalue weighted by Crippen LogP contribution is 2.23. The Morgan fingerprint density at radius 3 is 2.70 bits per heavy atom. The van der Waals surface area contributed by atoms with E-state index in [1.807, 2.05) is 6.07 Å². The summed E-state index contributed by atoms with van der Waals surface area (Å²) in [6, 6.07) is 11.0. The van der Waals surface area contributed by atoms with Crippen molar-refractivity contribution in [2.75, 3.05) is 20.8 Å². The fraction of sp³-hybridized carbons (Fsp3) is 0.471. The first kappa shape index (κ1) is 15.7. The molecule has 1 aromatic rings. The second-order valence-electron chi connectivity index (χ2n) is 6.29. The highest BCUT2D eigenvalue weighted by molar-refractivity contribution is 5.83. The molecule has 3 N–H and O–H groups in total. The molecule has 0 amide bonds. The summed E-state index contributed by atoms with van der Waals surface area (Å²) in [6.07, 6.45) is 0.142. The Labute approximate surface area is 138 Å². The van der Waals surface area contributed by atoms with Crippen LogP contribution in [0, 0.1) is 0 Å². The van der Waals surface area contributed by atoms with Gasteiger partial charge in [-0.1, -0.05) is 30.3 Å². The molecule has 1 aromatic carbocycles. The van der Waals surface area contributed by atoms with Crippen molar-refractivity contribution in [1.29, 1.82) is 0 Å². The Morgan fingerprint density at radius 2 is 2.04 bits per heavy atom. The van der Waals surface area contributed by atoms with Gasteiger partial charge >= 0.3 is 0 Å². The van der Waals surface area contributed by atoms with Crippen LogP contribution in [-0.2, 0) is 6.54 Å². The Hall–Kier alpha value is -2.21. The number of nitrogens with zero attached hydrogens (tertiary/aromatic N) is 3. The van der Waals surface area contributed by atoms with E-state index in [9.17, 15) is 0 Å². The molecule has 6 nitrogen and oxygen atoms in total. The fourth-order valence-electron chi connectivity index (χ4n) is 3.08. The van der Waals surface area contributed by atoms with Crippen LogP contribution < -0.4 is 16.0 Å². The lowest BCUT2D eigenvalue weighted by Gasteiger charge is -2.36. The van der Waals surface area contributed by atoms with E-state index in [1.54, 1.807) is 7.05 Å². The summed E-state index contributed by atoms with van der Waals surface area (Å²) in [5.41, 5.74) is 2.47. The molecule has 2 aliphatic heterocycles. The molecule has 0 aliphatic carbocycles. The minimum atomic E-state index is 0.142. The van der Waals surface area contributed by atoms with Crippen molar-refractivity contribution in [3.63, 3.8) is 0 Å². The maximum Gasteiger partial charge on any atom is 0.198 e. The predicted molar refractivity (Wildman–Crippen MR) is 93.3 cm³/mol. The van der Waals surface area contributed by atoms with Crippen LogP contribution in [0.5, 0.6) is 0 Å². The van der Waals surface area contributed by atoms with Crippen LogP contribution in [0.25, 0.3) is 0 Å². The maximum atomic E-state index is 4.32. The van der Waals surface area contributed by atoms with Gasteiger partial charge in [0.25, 0.3) is 0 Å². The first-order valence-corrected chi connectivity index (χ1v) is 8.09. The number of fused-ring (bicyclic) bond motifs is 1. The maximum absolute atomic E-state index is 4.32. The van der Waals surface area contributed by atoms with Crippen LogP contribution in [-0.4, -0.2) is 48.7 Å². The fourth-order valence-corrected chi connectivity index (χ4v) is 3.08. The van der Waals surface area contributed by atoms with Crippen molar-refractivity contribution >= 4 is 5.96 Å². The first-order chi connectivity index (χ1) is 11.1. The van der Waals surface area contributed by atoms with E-state index < -0.39 is 0 Å². The zero-order chi connectivity index (χ0) is 16.4. The number of rotatable bonds is 4. The lowest BCUT2D eigenvalue weighted by atomic mass is 10.2. The number of aliphatic imine (C=N–C) groups is 1. The second kappa shape index (κ2) is 6.50. The smallest absolute Gasteiger partial charge is 0.198 e. The summed E-state index contributed by atoms with van der Waals surface area (Å²) in [5, 5.41) is 10.4. The summed E-state index contributed by atoms with van der Waals surface area (Å²) in [6.45, 7) is 6.11. The molecular formula is C17H26N6. The molecule has 0 bridgehead atoms. The molecule has 1 fully saturated rings. The molecule has 23 heavy (non-hydrogen) atoms. The number of nitrogens with one attached hydrogen (secondary N) is 3. The zero-order valence-corrected chi connectivity index (χ0v) is 14.3. The van der Waals surface area contributed by atoms with Gasteiger partial charge in [-0.25, -0.2) is 0 Å². The highest BCUT2D eigenvalue weighted by atomic mass is 15.5. The largest absolute Gasteiger partial charge is 0.370 e. The van der Waals surface area contributed by atoms with E-state index in [0.717, 1.165) is 25.0 Å². The number of hydrogen-bond acceptors (Lipinski definition) is 4. The summed E-state index contributed by atoms with van der Waals surface area (Å²) in [4.78, 5) is 8.94. The van der Waals surface area contributed by atoms with Gasteiger partial charge in [0.2, 0.25) is 0 Å². The van der Waals surface area contributed by atoms with Crippen LogP contribution in [0.2, 0.25) is 0 Å². The SMILES string of the molecule is CN=C1NC(N(C)Cc2ccccc2)=C2NCN(C(C)C)C2N1. The van der Waals surface area contributed by atoms with Crippen molar-refractivity contribution in [1.82, 2.24) is 25.8 Å². The van der Waals surface area contributed by atoms with Gasteiger partial charge in [-0.05, 0) is 19.4 Å². The lowest BCUT2D eigenvalue weighted by Crippen LogP contribution is -2.57. The normalized spacial score (nSPS) is 22.7. The molecule has 3 rings (SSSR count). The van der Waals surface area contributed by atoms with E-state index in [4.69, 9.17) is 0 Å². The second-order valence-corrected chi connectivity index (χ2v) is 6.29. The molecule has 0 aromatic heterocycles. The van der Waals surface area contributed by atoms with Crippen molar-refractivity contribution in [3.05, 3.63) is 47.4 Å². The van der Waals surface area contributed by atoms with E-state index in [2.05, 4.69) is 75.9 Å². The molecule has 124 valence electrons. The first-order valence-electron chi connectivity index (χ1n) is 8.09. The summed E-state index contributed by atoms with van der Waals surface area (Å²) in [5.74, 6) is 1.89. The predicted octanol–water partition coefficient (Wildman–Crippen LogP) is 1.06. The van der Waals surface area contributed by atoms with Gasteiger partial charge in [0.15, 0.2) is 5.96 Å².